The summed E-state index contributed by atoms with van der Waals surface area (Å²) in [6, 6.07) is 7.82. The first-order valence-corrected chi connectivity index (χ1v) is 18.2. The van der Waals surface area contributed by atoms with Gasteiger partial charge in [0, 0.05) is 19.4 Å². The van der Waals surface area contributed by atoms with Gasteiger partial charge in [-0.3, -0.25) is 0 Å². The van der Waals surface area contributed by atoms with Gasteiger partial charge in [0.1, 0.15) is 18.5 Å². The summed E-state index contributed by atoms with van der Waals surface area (Å²) in [6.07, 6.45) is 4.09. The highest BCUT2D eigenvalue weighted by Crippen LogP contribution is 2.46. The van der Waals surface area contributed by atoms with Crippen LogP contribution >= 0.6 is 0 Å². The second-order valence-electron chi connectivity index (χ2n) is 13.8. The third-order valence-electron chi connectivity index (χ3n) is 9.17. The normalized spacial score (nSPS) is 29.9. The molecule has 0 aromatic heterocycles. The fourth-order valence-electron chi connectivity index (χ4n) is 5.61. The van der Waals surface area contributed by atoms with Crippen molar-refractivity contribution in [3.8, 4) is 5.75 Å². The quantitative estimate of drug-likeness (QED) is 0.113. The first-order chi connectivity index (χ1) is 19.6. The van der Waals surface area contributed by atoms with Gasteiger partial charge in [0.15, 0.2) is 8.32 Å². The summed E-state index contributed by atoms with van der Waals surface area (Å²) >= 11 is 0. The molecule has 0 radical (unpaired) electrons. The molecule has 42 heavy (non-hydrogen) atoms. The summed E-state index contributed by atoms with van der Waals surface area (Å²) in [6.45, 7) is 19.3. The Bertz CT molecular complexity index is 1020. The van der Waals surface area contributed by atoms with Gasteiger partial charge in [0.25, 0.3) is 0 Å². The van der Waals surface area contributed by atoms with Crippen LogP contribution in [0.3, 0.4) is 0 Å². The van der Waals surface area contributed by atoms with E-state index < -0.39 is 25.6 Å². The van der Waals surface area contributed by atoms with E-state index in [1.165, 1.54) is 0 Å². The number of ether oxygens (including phenoxy) is 5. The molecule has 1 aromatic carbocycles. The fourth-order valence-corrected chi connectivity index (χ4v) is 6.52. The third-order valence-corrected chi connectivity index (χ3v) is 13.7. The lowest BCUT2D eigenvalue weighted by atomic mass is 9.74. The van der Waals surface area contributed by atoms with E-state index in [1.807, 2.05) is 44.2 Å². The smallest absolute Gasteiger partial charge is 0.331 e. The molecule has 2 heterocycles. The molecule has 0 bridgehead atoms. The zero-order valence-corrected chi connectivity index (χ0v) is 28.1. The van der Waals surface area contributed by atoms with E-state index in [0.29, 0.717) is 38.9 Å². The molecule has 3 rings (SSSR count). The lowest BCUT2D eigenvalue weighted by molar-refractivity contribution is -0.308. The molecule has 238 valence electrons. The SMILES string of the molecule is C=CCC[C@H]1O[C@@]2(C)C[C@@](C)(O)[C@H](CCCOCc3ccc(OC)cc3)O[C@@H]2C[C@@H]1OC(=O)CO[Si](C)(C)C(C)(C)C. The zero-order valence-electron chi connectivity index (χ0n) is 27.1. The van der Waals surface area contributed by atoms with Crippen LogP contribution in [-0.2, 0) is 34.8 Å². The Morgan fingerprint density at radius 3 is 2.50 bits per heavy atom. The largest absolute Gasteiger partial charge is 0.497 e. The Balaban J connectivity index is 1.58. The van der Waals surface area contributed by atoms with E-state index in [9.17, 15) is 9.90 Å². The second kappa shape index (κ2) is 14.4. The average Bonchev–Trinajstić information content (AvgIpc) is 2.90. The number of rotatable bonds is 14. The van der Waals surface area contributed by atoms with Gasteiger partial charge in [-0.15, -0.1) is 6.58 Å². The molecule has 6 atom stereocenters. The van der Waals surface area contributed by atoms with Crippen molar-refractivity contribution in [1.29, 1.82) is 0 Å². The summed E-state index contributed by atoms with van der Waals surface area (Å²) in [5, 5.41) is 11.4. The molecule has 1 N–H and O–H groups in total. The van der Waals surface area contributed by atoms with Crippen molar-refractivity contribution in [2.75, 3.05) is 20.3 Å². The monoisotopic (exact) mass is 606 g/mol. The zero-order chi connectivity index (χ0) is 31.2. The van der Waals surface area contributed by atoms with Gasteiger partial charge in [-0.1, -0.05) is 39.0 Å². The van der Waals surface area contributed by atoms with E-state index in [1.54, 1.807) is 7.11 Å². The molecule has 0 spiro atoms. The maximum Gasteiger partial charge on any atom is 0.331 e. The maximum atomic E-state index is 12.9. The third kappa shape index (κ3) is 9.13. The number of aliphatic hydroxyl groups is 1. The van der Waals surface area contributed by atoms with E-state index >= 15 is 0 Å². The number of benzene rings is 1. The first-order valence-electron chi connectivity index (χ1n) is 15.3. The van der Waals surface area contributed by atoms with Gasteiger partial charge in [0.2, 0.25) is 0 Å². The molecule has 0 amide bonds. The summed E-state index contributed by atoms with van der Waals surface area (Å²) in [5.41, 5.74) is -0.685. The average molecular weight is 607 g/mol. The van der Waals surface area contributed by atoms with Crippen LogP contribution in [-0.4, -0.2) is 75.3 Å². The van der Waals surface area contributed by atoms with Crippen LogP contribution in [0.15, 0.2) is 36.9 Å². The van der Waals surface area contributed by atoms with Crippen LogP contribution in [0, 0.1) is 0 Å². The lowest BCUT2D eigenvalue weighted by Crippen LogP contribution is -2.66. The Hall–Kier alpha value is -1.75. The van der Waals surface area contributed by atoms with Gasteiger partial charge in [-0.2, -0.15) is 0 Å². The highest BCUT2D eigenvalue weighted by Gasteiger charge is 2.56. The Kier molecular flexibility index (Phi) is 11.9. The molecule has 9 heteroatoms. The molecule has 8 nitrogen and oxygen atoms in total. The maximum absolute atomic E-state index is 12.9. The van der Waals surface area contributed by atoms with Crippen LogP contribution in [0.4, 0.5) is 0 Å². The molecular formula is C33H54O8Si. The molecule has 1 aromatic rings. The number of hydrogen-bond acceptors (Lipinski definition) is 8. The van der Waals surface area contributed by atoms with Crippen molar-refractivity contribution >= 4 is 14.3 Å². The van der Waals surface area contributed by atoms with Crippen LogP contribution < -0.4 is 4.74 Å². The predicted octanol–water partition coefficient (Wildman–Crippen LogP) is 6.35. The topological polar surface area (TPSA) is 92.7 Å². The fraction of sp³-hybridized carbons (Fsp3) is 0.727. The molecule has 0 saturated carbocycles. The molecule has 0 aliphatic carbocycles. The van der Waals surface area contributed by atoms with Crippen molar-refractivity contribution in [3.05, 3.63) is 42.5 Å². The van der Waals surface area contributed by atoms with E-state index in [2.05, 4.69) is 40.4 Å². The molecular weight excluding hydrogens is 552 g/mol. The highest BCUT2D eigenvalue weighted by molar-refractivity contribution is 6.74. The molecule has 2 fully saturated rings. The van der Waals surface area contributed by atoms with E-state index in [0.717, 1.165) is 24.2 Å². The highest BCUT2D eigenvalue weighted by atomic mass is 28.4. The molecule has 2 aliphatic rings. The standard InChI is InChI=1S/C33H54O8Si/c1-10-11-13-26-27(39-30(34)22-38-42(8,9)31(2,3)4)20-29-33(6,41-26)23-32(5,35)28(40-29)14-12-19-37-21-24-15-17-25(36-7)18-16-24/h10,15-18,26-29,35H,1,11-14,19-23H2,2-9H3/t26-,27+,28+,29-,32-,33+/m1/s1. The lowest BCUT2D eigenvalue weighted by Gasteiger charge is -2.55. The van der Waals surface area contributed by atoms with Gasteiger partial charge < -0.3 is 33.2 Å². The minimum atomic E-state index is -2.09. The Morgan fingerprint density at radius 1 is 1.19 bits per heavy atom. The van der Waals surface area contributed by atoms with Crippen LogP contribution in [0.2, 0.25) is 18.1 Å². The minimum Gasteiger partial charge on any atom is -0.497 e. The number of methoxy groups -OCH3 is 1. The van der Waals surface area contributed by atoms with Gasteiger partial charge in [-0.25, -0.2) is 4.79 Å². The number of hydrogen-bond donors (Lipinski definition) is 1. The van der Waals surface area contributed by atoms with E-state index in [-0.39, 0.29) is 35.9 Å². The van der Waals surface area contributed by atoms with Crippen molar-refractivity contribution in [1.82, 2.24) is 0 Å². The van der Waals surface area contributed by atoms with Gasteiger partial charge in [0.05, 0.1) is 43.2 Å². The summed E-state index contributed by atoms with van der Waals surface area (Å²) in [7, 11) is -0.444. The first kappa shape index (κ1) is 34.7. The number of allylic oxidation sites excluding steroid dienone is 1. The van der Waals surface area contributed by atoms with Crippen molar-refractivity contribution in [2.45, 2.75) is 134 Å². The van der Waals surface area contributed by atoms with Crippen molar-refractivity contribution in [2.24, 2.45) is 0 Å². The number of fused-ring (bicyclic) bond motifs is 1. The molecule has 2 saturated heterocycles. The summed E-state index contributed by atoms with van der Waals surface area (Å²) in [5.74, 6) is 0.437. The Morgan fingerprint density at radius 2 is 1.88 bits per heavy atom. The van der Waals surface area contributed by atoms with Crippen molar-refractivity contribution < 1.29 is 38.0 Å². The van der Waals surface area contributed by atoms with E-state index in [4.69, 9.17) is 28.1 Å². The predicted molar refractivity (Wildman–Crippen MR) is 166 cm³/mol. The van der Waals surface area contributed by atoms with Gasteiger partial charge in [-0.05, 0) is 75.4 Å². The second-order valence-corrected chi connectivity index (χ2v) is 18.6. The van der Waals surface area contributed by atoms with Crippen LogP contribution in [0.25, 0.3) is 0 Å². The van der Waals surface area contributed by atoms with Crippen molar-refractivity contribution in [3.63, 3.8) is 0 Å². The molecule has 2 aliphatic heterocycles. The Labute approximate surface area is 254 Å². The summed E-state index contributed by atoms with van der Waals surface area (Å²) < 4.78 is 36.3. The van der Waals surface area contributed by atoms with Crippen LogP contribution in [0.5, 0.6) is 5.75 Å². The number of carbonyl (C=O) groups is 1. The van der Waals surface area contributed by atoms with Crippen LogP contribution in [0.1, 0.15) is 78.7 Å². The minimum absolute atomic E-state index is 0.00183. The van der Waals surface area contributed by atoms with Gasteiger partial charge >= 0.3 is 5.97 Å². The number of carbonyl (C=O) groups excluding carboxylic acids is 1. The summed E-state index contributed by atoms with van der Waals surface area (Å²) in [4.78, 5) is 12.9. The number of esters is 1. The molecule has 0 unspecified atom stereocenters.